The molecule has 30 heavy (non-hydrogen) atoms. The second-order valence-electron chi connectivity index (χ2n) is 8.23. The molecule has 0 radical (unpaired) electrons. The highest BCUT2D eigenvalue weighted by molar-refractivity contribution is 7.10. The lowest BCUT2D eigenvalue weighted by Gasteiger charge is -2.30. The van der Waals surface area contributed by atoms with E-state index in [1.165, 1.54) is 19.9 Å². The number of carbonyl (C=O) groups is 1. The van der Waals surface area contributed by atoms with Crippen LogP contribution in [-0.4, -0.2) is 40.0 Å². The molecule has 1 aliphatic rings. The van der Waals surface area contributed by atoms with Gasteiger partial charge in [0.1, 0.15) is 5.82 Å². The average Bonchev–Trinajstić information content (AvgIpc) is 3.15. The van der Waals surface area contributed by atoms with E-state index < -0.39 is 11.2 Å². The smallest absolute Gasteiger partial charge is 0.330 e. The van der Waals surface area contributed by atoms with Crippen molar-refractivity contribution in [2.24, 2.45) is 5.92 Å². The summed E-state index contributed by atoms with van der Waals surface area (Å²) in [6, 6.07) is 2.11. The highest BCUT2D eigenvalue weighted by atomic mass is 32.1. The molecule has 1 amide bonds. The lowest BCUT2D eigenvalue weighted by Crippen LogP contribution is -2.46. The van der Waals surface area contributed by atoms with Crippen LogP contribution in [0.25, 0.3) is 0 Å². The van der Waals surface area contributed by atoms with Crippen LogP contribution in [0.15, 0.2) is 21.0 Å². The Morgan fingerprint density at radius 2 is 2.13 bits per heavy atom. The third-order valence-electron chi connectivity index (χ3n) is 5.31. The van der Waals surface area contributed by atoms with Crippen molar-refractivity contribution in [3.63, 3.8) is 0 Å². The van der Waals surface area contributed by atoms with Gasteiger partial charge in [0, 0.05) is 31.1 Å². The molecular weight excluding hydrogens is 402 g/mol. The normalized spacial score (nSPS) is 14.1. The molecule has 3 rings (SSSR count). The molecule has 0 spiro atoms. The molecule has 0 unspecified atom stereocenters. The van der Waals surface area contributed by atoms with E-state index in [1.807, 2.05) is 20.8 Å². The van der Waals surface area contributed by atoms with Gasteiger partial charge in [-0.2, -0.15) is 0 Å². The fourth-order valence-electron chi connectivity index (χ4n) is 3.78. The van der Waals surface area contributed by atoms with Crippen LogP contribution in [0, 0.1) is 5.92 Å². The van der Waals surface area contributed by atoms with Gasteiger partial charge in [0.2, 0.25) is 5.91 Å². The number of amides is 1. The molecule has 0 aliphatic carbocycles. The van der Waals surface area contributed by atoms with Crippen molar-refractivity contribution in [1.29, 1.82) is 0 Å². The predicted octanol–water partition coefficient (Wildman–Crippen LogP) is 2.03. The van der Waals surface area contributed by atoms with E-state index in [4.69, 9.17) is 5.73 Å². The first-order valence-corrected chi connectivity index (χ1v) is 11.4. The van der Waals surface area contributed by atoms with Crippen molar-refractivity contribution < 1.29 is 4.79 Å². The van der Waals surface area contributed by atoms with Crippen LogP contribution in [0.3, 0.4) is 0 Å². The Balaban J connectivity index is 1.89. The van der Waals surface area contributed by atoms with Crippen LogP contribution in [-0.2, 0) is 24.3 Å². The summed E-state index contributed by atoms with van der Waals surface area (Å²) in [5.74, 6) is 0.0476. The first-order valence-electron chi connectivity index (χ1n) is 10.5. The van der Waals surface area contributed by atoms with E-state index in [0.29, 0.717) is 13.1 Å². The number of fused-ring (bicyclic) bond motifs is 1. The summed E-state index contributed by atoms with van der Waals surface area (Å²) in [5.41, 5.74) is 6.46. The summed E-state index contributed by atoms with van der Waals surface area (Å²) in [6.45, 7) is 8.46. The maximum atomic E-state index is 13.3. The Hall–Kier alpha value is -2.39. The first kappa shape index (κ1) is 22.3. The van der Waals surface area contributed by atoms with Gasteiger partial charge in [0.25, 0.3) is 5.56 Å². The Morgan fingerprint density at radius 1 is 1.37 bits per heavy atom. The molecular formula is C21H31N5O3S. The first-order chi connectivity index (χ1) is 14.3. The predicted molar refractivity (Wildman–Crippen MR) is 121 cm³/mol. The fourth-order valence-corrected chi connectivity index (χ4v) is 4.67. The SMILES string of the molecule is CCCCN(C(=O)CN1CCc2sccc2C1)c1c(N)n(CC(C)C)c(=O)[nH]c1=O. The molecule has 2 aromatic rings. The number of unbranched alkanes of at least 4 members (excludes halogenated alkanes) is 1. The minimum atomic E-state index is -0.610. The number of rotatable bonds is 8. The maximum Gasteiger partial charge on any atom is 0.330 e. The lowest BCUT2D eigenvalue weighted by atomic mass is 10.1. The minimum Gasteiger partial charge on any atom is -0.383 e. The summed E-state index contributed by atoms with van der Waals surface area (Å²) in [4.78, 5) is 45.5. The van der Waals surface area contributed by atoms with Crippen molar-refractivity contribution in [3.8, 4) is 0 Å². The van der Waals surface area contributed by atoms with Crippen molar-refractivity contribution in [2.75, 3.05) is 30.3 Å². The monoisotopic (exact) mass is 433 g/mol. The number of aromatic amines is 1. The highest BCUT2D eigenvalue weighted by Gasteiger charge is 2.27. The van der Waals surface area contributed by atoms with Crippen molar-refractivity contribution in [1.82, 2.24) is 14.5 Å². The molecule has 1 aliphatic heterocycles. The summed E-state index contributed by atoms with van der Waals surface area (Å²) < 4.78 is 1.35. The summed E-state index contributed by atoms with van der Waals surface area (Å²) in [5, 5.41) is 2.09. The van der Waals surface area contributed by atoms with Crippen LogP contribution >= 0.6 is 11.3 Å². The number of nitrogens with two attached hydrogens (primary N) is 1. The molecule has 3 N–H and O–H groups in total. The standard InChI is InChI=1S/C21H31N5O3S/c1-4-5-8-25(17(27)13-24-9-6-16-15(12-24)7-10-30-16)18-19(22)26(11-14(2)3)21(29)23-20(18)28/h7,10,14H,4-6,8-9,11-13,22H2,1-3H3,(H,23,28,29). The number of anilines is 2. The zero-order valence-electron chi connectivity index (χ0n) is 17.9. The van der Waals surface area contributed by atoms with E-state index in [-0.39, 0.29) is 29.9 Å². The number of H-pyrrole nitrogens is 1. The number of aromatic nitrogens is 2. The zero-order valence-corrected chi connectivity index (χ0v) is 18.8. The Morgan fingerprint density at radius 3 is 2.83 bits per heavy atom. The lowest BCUT2D eigenvalue weighted by molar-refractivity contribution is -0.120. The van der Waals surface area contributed by atoms with Gasteiger partial charge in [-0.25, -0.2) is 4.79 Å². The molecule has 0 bridgehead atoms. The Kier molecular flexibility index (Phi) is 7.14. The molecule has 0 atom stereocenters. The molecule has 0 fully saturated rings. The molecule has 2 aromatic heterocycles. The van der Waals surface area contributed by atoms with Gasteiger partial charge >= 0.3 is 5.69 Å². The van der Waals surface area contributed by atoms with Gasteiger partial charge in [0.15, 0.2) is 5.69 Å². The van der Waals surface area contributed by atoms with Crippen molar-refractivity contribution in [2.45, 2.75) is 53.1 Å². The van der Waals surface area contributed by atoms with Gasteiger partial charge in [-0.3, -0.25) is 24.0 Å². The van der Waals surface area contributed by atoms with Crippen LogP contribution in [0.2, 0.25) is 0 Å². The van der Waals surface area contributed by atoms with Gasteiger partial charge < -0.3 is 10.6 Å². The van der Waals surface area contributed by atoms with E-state index in [0.717, 1.165) is 32.4 Å². The molecule has 164 valence electrons. The topological polar surface area (TPSA) is 104 Å². The zero-order chi connectivity index (χ0) is 21.8. The molecule has 0 saturated carbocycles. The fraction of sp³-hybridized carbons (Fsp3) is 0.571. The van der Waals surface area contributed by atoms with Gasteiger partial charge in [-0.1, -0.05) is 27.2 Å². The van der Waals surface area contributed by atoms with Gasteiger partial charge in [0.05, 0.1) is 6.54 Å². The van der Waals surface area contributed by atoms with Crippen LogP contribution in [0.5, 0.6) is 0 Å². The number of hydrogen-bond donors (Lipinski definition) is 2. The van der Waals surface area contributed by atoms with E-state index >= 15 is 0 Å². The van der Waals surface area contributed by atoms with Gasteiger partial charge in [-0.05, 0) is 35.8 Å². The average molecular weight is 434 g/mol. The molecule has 0 saturated heterocycles. The van der Waals surface area contributed by atoms with Crippen LogP contribution < -0.4 is 21.9 Å². The number of thiophene rings is 1. The van der Waals surface area contributed by atoms with Crippen LogP contribution in [0.1, 0.15) is 44.1 Å². The Bertz CT molecular complexity index is 1010. The number of hydrogen-bond acceptors (Lipinski definition) is 6. The molecule has 0 aromatic carbocycles. The third-order valence-corrected chi connectivity index (χ3v) is 6.34. The highest BCUT2D eigenvalue weighted by Crippen LogP contribution is 2.25. The second kappa shape index (κ2) is 9.61. The summed E-state index contributed by atoms with van der Waals surface area (Å²) in [6.07, 6.45) is 2.54. The van der Waals surface area contributed by atoms with Crippen molar-refractivity contribution in [3.05, 3.63) is 42.7 Å². The Labute approximate surface area is 180 Å². The largest absolute Gasteiger partial charge is 0.383 e. The number of carbonyl (C=O) groups excluding carboxylic acids is 1. The van der Waals surface area contributed by atoms with E-state index in [2.05, 4.69) is 21.3 Å². The number of nitrogen functional groups attached to an aromatic ring is 1. The second-order valence-corrected chi connectivity index (χ2v) is 9.23. The quantitative estimate of drug-likeness (QED) is 0.663. The van der Waals surface area contributed by atoms with E-state index in [9.17, 15) is 14.4 Å². The summed E-state index contributed by atoms with van der Waals surface area (Å²) >= 11 is 1.76. The van der Waals surface area contributed by atoms with Crippen molar-refractivity contribution >= 4 is 28.7 Å². The van der Waals surface area contributed by atoms with Gasteiger partial charge in [-0.15, -0.1) is 11.3 Å². The number of nitrogens with zero attached hydrogens (tertiary/aromatic N) is 3. The maximum absolute atomic E-state index is 13.3. The molecule has 8 nitrogen and oxygen atoms in total. The molecule has 9 heteroatoms. The summed E-state index contributed by atoms with van der Waals surface area (Å²) in [7, 11) is 0. The van der Waals surface area contributed by atoms with E-state index in [1.54, 1.807) is 11.3 Å². The number of nitrogens with one attached hydrogen (secondary N) is 1. The van der Waals surface area contributed by atoms with Crippen LogP contribution in [0.4, 0.5) is 11.5 Å². The minimum absolute atomic E-state index is 0.0562. The molecule has 3 heterocycles. The third kappa shape index (κ3) is 4.84.